The molecular formula is C22H28FN5. The number of aliphatic imine (C=N–C) groups is 2. The monoisotopic (exact) mass is 381 g/mol. The number of nitrogens with zero attached hydrogens (tertiary/aromatic N) is 4. The Hall–Kier alpha value is -2.63. The Morgan fingerprint density at radius 3 is 2.68 bits per heavy atom. The molecule has 1 aromatic carbocycles. The summed E-state index contributed by atoms with van der Waals surface area (Å²) in [7, 11) is 1.78. The van der Waals surface area contributed by atoms with Crippen molar-refractivity contribution in [1.29, 1.82) is 0 Å². The average Bonchev–Trinajstić information content (AvgIpc) is 2.68. The van der Waals surface area contributed by atoms with Crippen molar-refractivity contribution >= 4 is 18.4 Å². The van der Waals surface area contributed by atoms with Gasteiger partial charge in [0.05, 0.1) is 18.1 Å². The van der Waals surface area contributed by atoms with Gasteiger partial charge in [0.25, 0.3) is 0 Å². The lowest BCUT2D eigenvalue weighted by Gasteiger charge is -2.28. The number of benzene rings is 1. The second-order valence-electron chi connectivity index (χ2n) is 7.12. The minimum atomic E-state index is -0.199. The van der Waals surface area contributed by atoms with Crippen LogP contribution < -0.4 is 5.32 Å². The van der Waals surface area contributed by atoms with Gasteiger partial charge in [-0.15, -0.1) is 0 Å². The van der Waals surface area contributed by atoms with Crippen molar-refractivity contribution in [2.75, 3.05) is 18.9 Å². The lowest BCUT2D eigenvalue weighted by Crippen LogP contribution is -2.14. The molecule has 0 saturated heterocycles. The molecule has 0 atom stereocenters. The smallest absolute Gasteiger partial charge is 0.144 e. The summed E-state index contributed by atoms with van der Waals surface area (Å²) in [5, 5.41) is 2.93. The second kappa shape index (κ2) is 9.53. The zero-order chi connectivity index (χ0) is 19.9. The summed E-state index contributed by atoms with van der Waals surface area (Å²) < 4.78 is 15.6. The SMILES string of the molecule is C=NC(CCc1c(C2CCC2)ccc(-c2cnc(NC)cn2)c1F)=NCCC. The van der Waals surface area contributed by atoms with Crippen molar-refractivity contribution in [1.82, 2.24) is 9.97 Å². The van der Waals surface area contributed by atoms with E-state index in [1.54, 1.807) is 19.4 Å². The van der Waals surface area contributed by atoms with Crippen LogP contribution in [0.3, 0.4) is 0 Å². The van der Waals surface area contributed by atoms with Crippen molar-refractivity contribution in [3.63, 3.8) is 0 Å². The Morgan fingerprint density at radius 1 is 1.29 bits per heavy atom. The molecule has 0 unspecified atom stereocenters. The fraction of sp³-hybridized carbons (Fsp3) is 0.455. The molecule has 1 fully saturated rings. The lowest BCUT2D eigenvalue weighted by atomic mass is 9.77. The van der Waals surface area contributed by atoms with Gasteiger partial charge in [-0.1, -0.05) is 19.4 Å². The number of halogens is 1. The lowest BCUT2D eigenvalue weighted by molar-refractivity contribution is 0.414. The van der Waals surface area contributed by atoms with Crippen LogP contribution >= 0.6 is 0 Å². The van der Waals surface area contributed by atoms with Gasteiger partial charge >= 0.3 is 0 Å². The first kappa shape index (κ1) is 20.1. The van der Waals surface area contributed by atoms with Crippen LogP contribution in [0, 0.1) is 5.82 Å². The molecule has 148 valence electrons. The van der Waals surface area contributed by atoms with E-state index in [9.17, 15) is 0 Å². The van der Waals surface area contributed by atoms with Gasteiger partial charge < -0.3 is 5.32 Å². The molecule has 0 bridgehead atoms. The Balaban J connectivity index is 1.93. The highest BCUT2D eigenvalue weighted by Gasteiger charge is 2.25. The molecule has 1 aliphatic rings. The molecule has 28 heavy (non-hydrogen) atoms. The normalized spacial score (nSPS) is 14.6. The number of amidine groups is 1. The molecule has 0 amide bonds. The standard InChI is InChI=1S/C22H28FN5/c1-4-12-26-20(24-2)11-10-17-16(15-6-5-7-15)8-9-18(22(17)23)19-13-28-21(25-3)14-27-19/h8-9,13-15H,2,4-7,10-12H2,1,3H3,(H,25,28). The third kappa shape index (κ3) is 4.43. The third-order valence-corrected chi connectivity index (χ3v) is 5.31. The highest BCUT2D eigenvalue weighted by molar-refractivity contribution is 5.86. The summed E-state index contributed by atoms with van der Waals surface area (Å²) >= 11 is 0. The van der Waals surface area contributed by atoms with Gasteiger partial charge in [-0.2, -0.15) is 0 Å². The summed E-state index contributed by atoms with van der Waals surface area (Å²) in [6.45, 7) is 6.41. The van der Waals surface area contributed by atoms with Crippen LogP contribution in [0.15, 0.2) is 34.5 Å². The molecule has 1 saturated carbocycles. The van der Waals surface area contributed by atoms with Crippen LogP contribution in [-0.2, 0) is 6.42 Å². The van der Waals surface area contributed by atoms with Crippen molar-refractivity contribution in [3.8, 4) is 11.3 Å². The van der Waals surface area contributed by atoms with Gasteiger partial charge in [0.2, 0.25) is 0 Å². The Kier molecular flexibility index (Phi) is 6.85. The molecule has 0 radical (unpaired) electrons. The molecule has 6 heteroatoms. The zero-order valence-electron chi connectivity index (χ0n) is 16.7. The van der Waals surface area contributed by atoms with Crippen LogP contribution in [0.1, 0.15) is 56.1 Å². The average molecular weight is 381 g/mol. The Morgan fingerprint density at radius 2 is 2.11 bits per heavy atom. The van der Waals surface area contributed by atoms with Crippen LogP contribution in [0.5, 0.6) is 0 Å². The Labute approximate surface area is 166 Å². The number of rotatable bonds is 8. The summed E-state index contributed by atoms with van der Waals surface area (Å²) in [5.41, 5.74) is 2.91. The van der Waals surface area contributed by atoms with Crippen LogP contribution in [0.25, 0.3) is 11.3 Å². The van der Waals surface area contributed by atoms with Gasteiger partial charge in [-0.05, 0) is 55.5 Å². The van der Waals surface area contributed by atoms with Crippen LogP contribution in [0.2, 0.25) is 0 Å². The maximum absolute atomic E-state index is 15.6. The van der Waals surface area contributed by atoms with E-state index in [-0.39, 0.29) is 5.82 Å². The molecule has 0 aliphatic heterocycles. The van der Waals surface area contributed by atoms with Gasteiger partial charge in [0.15, 0.2) is 0 Å². The predicted octanol–water partition coefficient (Wildman–Crippen LogP) is 5.03. The number of hydrogen-bond donors (Lipinski definition) is 1. The number of aromatic nitrogens is 2. The largest absolute Gasteiger partial charge is 0.372 e. The van der Waals surface area contributed by atoms with E-state index in [0.717, 1.165) is 36.9 Å². The van der Waals surface area contributed by atoms with Gasteiger partial charge in [-0.25, -0.2) is 14.4 Å². The summed E-state index contributed by atoms with van der Waals surface area (Å²) in [6, 6.07) is 3.91. The molecule has 3 rings (SSSR count). The minimum Gasteiger partial charge on any atom is -0.372 e. The number of hydrogen-bond acceptors (Lipinski definition) is 4. The highest BCUT2D eigenvalue weighted by atomic mass is 19.1. The minimum absolute atomic E-state index is 0.199. The van der Waals surface area contributed by atoms with Crippen molar-refractivity contribution < 1.29 is 4.39 Å². The fourth-order valence-corrected chi connectivity index (χ4v) is 3.47. The topological polar surface area (TPSA) is 62.5 Å². The third-order valence-electron chi connectivity index (χ3n) is 5.31. The van der Waals surface area contributed by atoms with E-state index >= 15 is 4.39 Å². The van der Waals surface area contributed by atoms with E-state index in [1.807, 2.05) is 6.07 Å². The van der Waals surface area contributed by atoms with Crippen molar-refractivity contribution in [2.45, 2.75) is 51.4 Å². The molecule has 1 N–H and O–H groups in total. The summed E-state index contributed by atoms with van der Waals surface area (Å²) in [5.74, 6) is 1.60. The quantitative estimate of drug-likeness (QED) is 0.515. The molecule has 1 aromatic heterocycles. The Bertz CT molecular complexity index is 841. The van der Waals surface area contributed by atoms with Crippen LogP contribution in [-0.4, -0.2) is 36.1 Å². The summed E-state index contributed by atoms with van der Waals surface area (Å²) in [4.78, 5) is 17.1. The first-order valence-electron chi connectivity index (χ1n) is 9.99. The summed E-state index contributed by atoms with van der Waals surface area (Å²) in [6.07, 6.45) is 8.79. The fourth-order valence-electron chi connectivity index (χ4n) is 3.47. The predicted molar refractivity (Wildman–Crippen MR) is 114 cm³/mol. The molecule has 5 nitrogen and oxygen atoms in total. The van der Waals surface area contributed by atoms with E-state index in [2.05, 4.69) is 45.0 Å². The number of nitrogens with one attached hydrogen (secondary N) is 1. The van der Waals surface area contributed by atoms with Gasteiger partial charge in [0, 0.05) is 25.6 Å². The maximum atomic E-state index is 15.6. The number of anilines is 1. The van der Waals surface area contributed by atoms with Crippen molar-refractivity contribution in [3.05, 3.63) is 41.5 Å². The molecule has 2 aromatic rings. The molecule has 0 spiro atoms. The first-order valence-corrected chi connectivity index (χ1v) is 9.99. The van der Waals surface area contributed by atoms with Gasteiger partial charge in [-0.3, -0.25) is 9.98 Å². The second-order valence-corrected chi connectivity index (χ2v) is 7.12. The van der Waals surface area contributed by atoms with E-state index in [0.29, 0.717) is 41.7 Å². The first-order chi connectivity index (χ1) is 13.7. The maximum Gasteiger partial charge on any atom is 0.144 e. The van der Waals surface area contributed by atoms with Crippen molar-refractivity contribution in [2.24, 2.45) is 9.98 Å². The highest BCUT2D eigenvalue weighted by Crippen LogP contribution is 2.40. The van der Waals surface area contributed by atoms with Gasteiger partial charge in [0.1, 0.15) is 17.5 Å². The van der Waals surface area contributed by atoms with Crippen LogP contribution in [0.4, 0.5) is 10.2 Å². The van der Waals surface area contributed by atoms with E-state index in [1.165, 1.54) is 6.42 Å². The molecular weight excluding hydrogens is 353 g/mol. The van der Waals surface area contributed by atoms with E-state index in [4.69, 9.17) is 0 Å². The zero-order valence-corrected chi connectivity index (χ0v) is 16.7. The van der Waals surface area contributed by atoms with E-state index < -0.39 is 0 Å². The molecule has 1 aliphatic carbocycles. The molecule has 1 heterocycles.